The van der Waals surface area contributed by atoms with Crippen LogP contribution in [0.1, 0.15) is 40.3 Å². The number of hydrogen-bond acceptors (Lipinski definition) is 6. The number of hydrogen-bond donors (Lipinski definition) is 0. The minimum atomic E-state index is -0.142. The minimum absolute atomic E-state index is 0.138. The van der Waals surface area contributed by atoms with Gasteiger partial charge in [-0.05, 0) is 26.0 Å². The van der Waals surface area contributed by atoms with Crippen LogP contribution in [-0.2, 0) is 6.54 Å². The van der Waals surface area contributed by atoms with Crippen molar-refractivity contribution in [3.8, 4) is 11.6 Å². The molecule has 1 amide bonds. The van der Waals surface area contributed by atoms with E-state index in [0.717, 1.165) is 27.8 Å². The van der Waals surface area contributed by atoms with Crippen molar-refractivity contribution in [2.75, 3.05) is 0 Å². The van der Waals surface area contributed by atoms with Crippen molar-refractivity contribution >= 4 is 16.9 Å². The Bertz CT molecular complexity index is 1200. The topological polar surface area (TPSA) is 85.0 Å². The first-order valence-corrected chi connectivity index (χ1v) is 9.06. The Morgan fingerprint density at radius 2 is 1.89 bits per heavy atom. The third-order valence-corrected chi connectivity index (χ3v) is 5.20. The maximum atomic E-state index is 13.2. The zero-order valence-electron chi connectivity index (χ0n) is 15.5. The van der Waals surface area contributed by atoms with Crippen LogP contribution >= 0.6 is 0 Å². The van der Waals surface area contributed by atoms with Gasteiger partial charge in [0.05, 0.1) is 18.3 Å². The van der Waals surface area contributed by atoms with E-state index in [2.05, 4.69) is 19.9 Å². The Morgan fingerprint density at radius 3 is 2.68 bits per heavy atom. The average Bonchev–Trinajstić information content (AvgIpc) is 3.25. The van der Waals surface area contributed by atoms with Gasteiger partial charge in [0, 0.05) is 35.1 Å². The molecular formula is C21H17N5O2. The van der Waals surface area contributed by atoms with E-state index in [1.54, 1.807) is 29.6 Å². The lowest BCUT2D eigenvalue weighted by Crippen LogP contribution is -2.28. The molecule has 0 bridgehead atoms. The van der Waals surface area contributed by atoms with E-state index in [-0.39, 0.29) is 11.9 Å². The van der Waals surface area contributed by atoms with E-state index in [9.17, 15) is 4.79 Å². The monoisotopic (exact) mass is 371 g/mol. The number of aryl methyl sites for hydroxylation is 1. The summed E-state index contributed by atoms with van der Waals surface area (Å²) in [6.45, 7) is 4.29. The molecule has 0 saturated carbocycles. The summed E-state index contributed by atoms with van der Waals surface area (Å²) in [7, 11) is 0. The van der Waals surface area contributed by atoms with E-state index in [4.69, 9.17) is 4.42 Å². The maximum Gasteiger partial charge on any atom is 0.290 e. The molecule has 7 nitrogen and oxygen atoms in total. The summed E-state index contributed by atoms with van der Waals surface area (Å²) < 4.78 is 5.87. The molecular weight excluding hydrogens is 354 g/mol. The van der Waals surface area contributed by atoms with E-state index in [1.165, 1.54) is 0 Å². The van der Waals surface area contributed by atoms with Gasteiger partial charge in [0.25, 0.3) is 5.91 Å². The highest BCUT2D eigenvalue weighted by Crippen LogP contribution is 2.35. The van der Waals surface area contributed by atoms with Crippen molar-refractivity contribution in [1.29, 1.82) is 0 Å². The zero-order valence-corrected chi connectivity index (χ0v) is 15.5. The molecule has 1 atom stereocenters. The normalized spacial score (nSPS) is 15.8. The van der Waals surface area contributed by atoms with Gasteiger partial charge in [0.2, 0.25) is 0 Å². The molecule has 0 saturated heterocycles. The molecule has 1 aliphatic rings. The number of para-hydroxylation sites is 1. The van der Waals surface area contributed by atoms with Crippen LogP contribution in [0.2, 0.25) is 0 Å². The number of fused-ring (bicyclic) bond motifs is 2. The standard InChI is InChI=1S/C21H17N5O2/c1-12-14-6-3-4-7-17(14)28-18(12)21(27)26-11-16-15(13(26)2)10-24-20(25-16)19-22-8-5-9-23-19/h3-10,13H,11H2,1-2H3. The molecule has 0 fully saturated rings. The third kappa shape index (κ3) is 2.47. The van der Waals surface area contributed by atoms with Gasteiger partial charge in [-0.2, -0.15) is 0 Å². The quantitative estimate of drug-likeness (QED) is 0.534. The van der Waals surface area contributed by atoms with Crippen molar-refractivity contribution in [3.63, 3.8) is 0 Å². The van der Waals surface area contributed by atoms with Crippen LogP contribution in [0, 0.1) is 6.92 Å². The van der Waals surface area contributed by atoms with Crippen LogP contribution in [0.25, 0.3) is 22.6 Å². The number of rotatable bonds is 2. The second kappa shape index (κ2) is 6.23. The molecule has 1 aromatic carbocycles. The summed E-state index contributed by atoms with van der Waals surface area (Å²) in [5, 5.41) is 0.957. The minimum Gasteiger partial charge on any atom is -0.451 e. The summed E-state index contributed by atoms with van der Waals surface area (Å²) in [6.07, 6.45) is 5.07. The molecule has 3 aromatic heterocycles. The molecule has 4 aromatic rings. The smallest absolute Gasteiger partial charge is 0.290 e. The van der Waals surface area contributed by atoms with Crippen LogP contribution in [0.15, 0.2) is 53.3 Å². The molecule has 7 heteroatoms. The Morgan fingerprint density at radius 1 is 1.11 bits per heavy atom. The highest BCUT2D eigenvalue weighted by Gasteiger charge is 2.35. The molecule has 28 heavy (non-hydrogen) atoms. The van der Waals surface area contributed by atoms with Crippen LogP contribution < -0.4 is 0 Å². The van der Waals surface area contributed by atoms with Crippen molar-refractivity contribution < 1.29 is 9.21 Å². The summed E-state index contributed by atoms with van der Waals surface area (Å²) >= 11 is 0. The van der Waals surface area contributed by atoms with E-state index >= 15 is 0 Å². The Kier molecular flexibility index (Phi) is 3.68. The average molecular weight is 371 g/mol. The molecule has 138 valence electrons. The van der Waals surface area contributed by atoms with Crippen molar-refractivity contribution in [2.24, 2.45) is 0 Å². The zero-order chi connectivity index (χ0) is 19.3. The van der Waals surface area contributed by atoms with Crippen molar-refractivity contribution in [3.05, 3.63) is 71.5 Å². The maximum absolute atomic E-state index is 13.2. The predicted molar refractivity (Wildman–Crippen MR) is 102 cm³/mol. The van der Waals surface area contributed by atoms with Crippen LogP contribution in [-0.4, -0.2) is 30.7 Å². The summed E-state index contributed by atoms with van der Waals surface area (Å²) in [5.41, 5.74) is 3.32. The van der Waals surface area contributed by atoms with Gasteiger partial charge in [0.15, 0.2) is 17.4 Å². The largest absolute Gasteiger partial charge is 0.451 e. The molecule has 4 heterocycles. The number of furan rings is 1. The van der Waals surface area contributed by atoms with Gasteiger partial charge >= 0.3 is 0 Å². The highest BCUT2D eigenvalue weighted by molar-refractivity contribution is 5.99. The van der Waals surface area contributed by atoms with Crippen LogP contribution in [0.4, 0.5) is 0 Å². The first-order valence-electron chi connectivity index (χ1n) is 9.06. The number of nitrogens with zero attached hydrogens (tertiary/aromatic N) is 5. The number of amides is 1. The first-order chi connectivity index (χ1) is 13.6. The summed E-state index contributed by atoms with van der Waals surface area (Å²) in [5.74, 6) is 1.16. The second-order valence-corrected chi connectivity index (χ2v) is 6.83. The fraction of sp³-hybridized carbons (Fsp3) is 0.190. The van der Waals surface area contributed by atoms with Gasteiger partial charge in [-0.25, -0.2) is 19.9 Å². The Hall–Kier alpha value is -3.61. The molecule has 5 rings (SSSR count). The van der Waals surface area contributed by atoms with Gasteiger partial charge in [-0.3, -0.25) is 4.79 Å². The Labute approximate surface area is 161 Å². The van der Waals surface area contributed by atoms with E-state index in [1.807, 2.05) is 38.1 Å². The lowest BCUT2D eigenvalue weighted by atomic mass is 10.1. The fourth-order valence-electron chi connectivity index (χ4n) is 3.65. The summed E-state index contributed by atoms with van der Waals surface area (Å²) in [6, 6.07) is 9.28. The molecule has 0 aliphatic carbocycles. The molecule has 0 N–H and O–H groups in total. The molecule has 0 radical (unpaired) electrons. The lowest BCUT2D eigenvalue weighted by Gasteiger charge is -2.20. The molecule has 1 aliphatic heterocycles. The number of benzene rings is 1. The number of aromatic nitrogens is 4. The van der Waals surface area contributed by atoms with Crippen molar-refractivity contribution in [1.82, 2.24) is 24.8 Å². The number of carbonyl (C=O) groups is 1. The Balaban J connectivity index is 1.49. The van der Waals surface area contributed by atoms with Gasteiger partial charge in [0.1, 0.15) is 5.58 Å². The van der Waals surface area contributed by atoms with E-state index < -0.39 is 0 Å². The third-order valence-electron chi connectivity index (χ3n) is 5.20. The predicted octanol–water partition coefficient (Wildman–Crippen LogP) is 3.71. The van der Waals surface area contributed by atoms with Crippen LogP contribution in [0.3, 0.4) is 0 Å². The summed E-state index contributed by atoms with van der Waals surface area (Å²) in [4.78, 5) is 32.4. The molecule has 1 unspecified atom stereocenters. The molecule has 0 spiro atoms. The number of carbonyl (C=O) groups excluding carboxylic acids is 1. The van der Waals surface area contributed by atoms with Gasteiger partial charge < -0.3 is 9.32 Å². The first kappa shape index (κ1) is 16.6. The lowest BCUT2D eigenvalue weighted by molar-refractivity contribution is 0.0672. The highest BCUT2D eigenvalue weighted by atomic mass is 16.3. The van der Waals surface area contributed by atoms with Gasteiger partial charge in [-0.15, -0.1) is 0 Å². The SMILES string of the molecule is Cc1c(C(=O)N2Cc3nc(-c4ncccn4)ncc3C2C)oc2ccccc12. The van der Waals surface area contributed by atoms with E-state index in [0.29, 0.717) is 24.0 Å². The van der Waals surface area contributed by atoms with Gasteiger partial charge in [-0.1, -0.05) is 18.2 Å². The fourth-order valence-corrected chi connectivity index (χ4v) is 3.65. The van der Waals surface area contributed by atoms with Crippen molar-refractivity contribution in [2.45, 2.75) is 26.4 Å². The second-order valence-electron chi connectivity index (χ2n) is 6.83. The van der Waals surface area contributed by atoms with Crippen LogP contribution in [0.5, 0.6) is 0 Å².